The van der Waals surface area contributed by atoms with Crippen LogP contribution in [0.5, 0.6) is 5.75 Å². The fraction of sp³-hybridized carbons (Fsp3) is 0.429. The Morgan fingerprint density at radius 2 is 1.93 bits per heavy atom. The second-order valence-electron chi connectivity index (χ2n) is 7.43. The van der Waals surface area contributed by atoms with Gasteiger partial charge in [0.2, 0.25) is 5.95 Å². The van der Waals surface area contributed by atoms with Gasteiger partial charge in [0, 0.05) is 17.8 Å². The van der Waals surface area contributed by atoms with Crippen LogP contribution in [0.25, 0.3) is 16.8 Å². The van der Waals surface area contributed by atoms with Crippen LogP contribution in [0.2, 0.25) is 0 Å². The van der Waals surface area contributed by atoms with Crippen molar-refractivity contribution in [3.05, 3.63) is 42.1 Å². The van der Waals surface area contributed by atoms with Gasteiger partial charge in [-0.2, -0.15) is 13.2 Å². The number of hydrogen-bond acceptors (Lipinski definition) is 4. The van der Waals surface area contributed by atoms with E-state index in [2.05, 4.69) is 15.5 Å². The first-order valence-corrected chi connectivity index (χ1v) is 9.79. The summed E-state index contributed by atoms with van der Waals surface area (Å²) in [6, 6.07) is 8.71. The van der Waals surface area contributed by atoms with Gasteiger partial charge < -0.3 is 10.1 Å². The van der Waals surface area contributed by atoms with Gasteiger partial charge in [0.25, 0.3) is 0 Å². The highest BCUT2D eigenvalue weighted by molar-refractivity contribution is 5.80. The molecule has 2 heterocycles. The summed E-state index contributed by atoms with van der Waals surface area (Å²) < 4.78 is 46.5. The molecule has 154 valence electrons. The van der Waals surface area contributed by atoms with E-state index in [0.29, 0.717) is 34.5 Å². The van der Waals surface area contributed by atoms with Crippen molar-refractivity contribution in [1.29, 1.82) is 0 Å². The maximum Gasteiger partial charge on any atom is 0.393 e. The van der Waals surface area contributed by atoms with Gasteiger partial charge in [-0.15, -0.1) is 10.2 Å². The van der Waals surface area contributed by atoms with Crippen molar-refractivity contribution in [3.8, 4) is 17.0 Å². The number of anilines is 1. The monoisotopic (exact) mass is 404 g/mol. The van der Waals surface area contributed by atoms with Crippen LogP contribution in [0, 0.1) is 0 Å². The van der Waals surface area contributed by atoms with Gasteiger partial charge in [-0.05, 0) is 48.7 Å². The Labute approximate surface area is 166 Å². The lowest BCUT2D eigenvalue weighted by molar-refractivity contribution is -0.127. The van der Waals surface area contributed by atoms with Crippen molar-refractivity contribution >= 4 is 11.5 Å². The normalized spacial score (nSPS) is 15.6. The van der Waals surface area contributed by atoms with E-state index in [1.165, 1.54) is 32.4 Å². The summed E-state index contributed by atoms with van der Waals surface area (Å²) in [4.78, 5) is 0. The number of aromatic nitrogens is 3. The van der Waals surface area contributed by atoms with Crippen LogP contribution < -0.4 is 10.1 Å². The topological polar surface area (TPSA) is 51.5 Å². The largest absolute Gasteiger partial charge is 0.497 e. The zero-order valence-corrected chi connectivity index (χ0v) is 16.2. The summed E-state index contributed by atoms with van der Waals surface area (Å²) in [5, 5.41) is 12.1. The van der Waals surface area contributed by atoms with Crippen LogP contribution in [0.15, 0.2) is 36.5 Å². The number of ether oxygens (including phenoxy) is 1. The van der Waals surface area contributed by atoms with Gasteiger partial charge in [0.15, 0.2) is 0 Å². The zero-order chi connectivity index (χ0) is 20.4. The van der Waals surface area contributed by atoms with E-state index in [0.717, 1.165) is 12.8 Å². The molecule has 0 radical (unpaired) electrons. The molecule has 3 aromatic rings. The molecular formula is C21H23F3N4O. The zero-order valence-electron chi connectivity index (χ0n) is 16.2. The minimum absolute atomic E-state index is 0.113. The number of alkyl halides is 3. The van der Waals surface area contributed by atoms with Crippen LogP contribution in [-0.2, 0) is 6.42 Å². The van der Waals surface area contributed by atoms with Crippen LogP contribution >= 0.6 is 0 Å². The molecule has 0 saturated heterocycles. The van der Waals surface area contributed by atoms with Gasteiger partial charge in [0.05, 0.1) is 19.0 Å². The van der Waals surface area contributed by atoms with Crippen molar-refractivity contribution in [3.63, 3.8) is 0 Å². The fourth-order valence-electron chi connectivity index (χ4n) is 3.97. The van der Waals surface area contributed by atoms with E-state index in [1.807, 2.05) is 22.7 Å². The summed E-state index contributed by atoms with van der Waals surface area (Å²) in [6.45, 7) is 0. The van der Waals surface area contributed by atoms with E-state index < -0.39 is 12.6 Å². The minimum atomic E-state index is -4.34. The van der Waals surface area contributed by atoms with E-state index >= 15 is 0 Å². The molecule has 0 aliphatic heterocycles. The van der Waals surface area contributed by atoms with E-state index in [-0.39, 0.29) is 5.56 Å². The number of hydrogen-bond donors (Lipinski definition) is 1. The predicted molar refractivity (Wildman–Crippen MR) is 105 cm³/mol. The summed E-state index contributed by atoms with van der Waals surface area (Å²) in [6.07, 6.45) is 2.24. The molecule has 0 spiro atoms. The number of benzene rings is 1. The Morgan fingerprint density at radius 1 is 1.14 bits per heavy atom. The van der Waals surface area contributed by atoms with E-state index in [1.54, 1.807) is 12.1 Å². The molecule has 1 N–H and O–H groups in total. The number of fused-ring (bicyclic) bond motifs is 1. The average Bonchev–Trinajstić information content (AvgIpc) is 3.18. The molecule has 0 bridgehead atoms. The number of methoxy groups -OCH3 is 1. The highest BCUT2D eigenvalue weighted by atomic mass is 19.4. The van der Waals surface area contributed by atoms with Crippen molar-refractivity contribution in [2.75, 3.05) is 12.4 Å². The highest BCUT2D eigenvalue weighted by Crippen LogP contribution is 2.34. The smallest absolute Gasteiger partial charge is 0.393 e. The Hall–Kier alpha value is -2.77. The summed E-state index contributed by atoms with van der Waals surface area (Å²) in [5.74, 6) is 0.995. The number of rotatable bonds is 5. The third-order valence-electron chi connectivity index (χ3n) is 5.36. The lowest BCUT2D eigenvalue weighted by Crippen LogP contribution is -2.24. The second-order valence-corrected chi connectivity index (χ2v) is 7.43. The SMILES string of the molecule is COc1ccc(-c2nnc(NC3CCCCC3)n3cccc23)c(CC(F)(F)F)c1. The van der Waals surface area contributed by atoms with Gasteiger partial charge in [-0.3, -0.25) is 4.40 Å². The molecule has 5 nitrogen and oxygen atoms in total. The average molecular weight is 404 g/mol. The Morgan fingerprint density at radius 3 is 2.66 bits per heavy atom. The van der Waals surface area contributed by atoms with Crippen LogP contribution in [0.4, 0.5) is 19.1 Å². The lowest BCUT2D eigenvalue weighted by Gasteiger charge is -2.23. The van der Waals surface area contributed by atoms with Crippen molar-refractivity contribution in [2.45, 2.75) is 50.7 Å². The Kier molecular flexibility index (Phi) is 5.34. The van der Waals surface area contributed by atoms with Crippen molar-refractivity contribution < 1.29 is 17.9 Å². The Balaban J connectivity index is 1.75. The quantitative estimate of drug-likeness (QED) is 0.631. The van der Waals surface area contributed by atoms with E-state index in [9.17, 15) is 13.2 Å². The van der Waals surface area contributed by atoms with Crippen molar-refractivity contribution in [2.24, 2.45) is 0 Å². The Bertz CT molecular complexity index is 993. The molecule has 2 aromatic heterocycles. The molecule has 0 unspecified atom stereocenters. The van der Waals surface area contributed by atoms with Gasteiger partial charge in [-0.1, -0.05) is 19.3 Å². The van der Waals surface area contributed by atoms with Crippen LogP contribution in [0.1, 0.15) is 37.7 Å². The molecule has 1 aliphatic carbocycles. The fourth-order valence-corrected chi connectivity index (χ4v) is 3.97. The molecule has 29 heavy (non-hydrogen) atoms. The summed E-state index contributed by atoms with van der Waals surface area (Å²) in [7, 11) is 1.43. The first-order chi connectivity index (χ1) is 13.9. The van der Waals surface area contributed by atoms with Crippen molar-refractivity contribution in [1.82, 2.24) is 14.6 Å². The number of nitrogens with one attached hydrogen (secondary N) is 1. The number of nitrogens with zero attached hydrogens (tertiary/aromatic N) is 3. The molecule has 1 fully saturated rings. The van der Waals surface area contributed by atoms with Gasteiger partial charge in [0.1, 0.15) is 11.4 Å². The molecule has 8 heteroatoms. The first-order valence-electron chi connectivity index (χ1n) is 9.79. The molecule has 0 atom stereocenters. The second kappa shape index (κ2) is 7.93. The third kappa shape index (κ3) is 4.31. The maximum atomic E-state index is 13.2. The summed E-state index contributed by atoms with van der Waals surface area (Å²) in [5.41, 5.74) is 1.66. The number of halogens is 3. The molecule has 1 aliphatic rings. The minimum Gasteiger partial charge on any atom is -0.497 e. The van der Waals surface area contributed by atoms with Gasteiger partial charge in [-0.25, -0.2) is 0 Å². The van der Waals surface area contributed by atoms with E-state index in [4.69, 9.17) is 4.74 Å². The maximum absolute atomic E-state index is 13.2. The molecule has 1 saturated carbocycles. The lowest BCUT2D eigenvalue weighted by atomic mass is 9.96. The molecular weight excluding hydrogens is 381 g/mol. The highest BCUT2D eigenvalue weighted by Gasteiger charge is 2.30. The van der Waals surface area contributed by atoms with Crippen LogP contribution in [-0.4, -0.2) is 33.9 Å². The molecule has 0 amide bonds. The van der Waals surface area contributed by atoms with Gasteiger partial charge >= 0.3 is 6.18 Å². The third-order valence-corrected chi connectivity index (χ3v) is 5.36. The standard InChI is InChI=1S/C21H23F3N4O/c1-29-16-9-10-17(14(12-16)13-21(22,23)24)19-18-8-5-11-28(18)20(27-26-19)25-15-6-3-2-4-7-15/h5,8-12,15H,2-4,6-7,13H2,1H3,(H,25,27). The predicted octanol–water partition coefficient (Wildman–Crippen LogP) is 5.25. The molecule has 1 aromatic carbocycles. The first kappa shape index (κ1) is 19.5. The molecule has 4 rings (SSSR count). The van der Waals surface area contributed by atoms with Crippen LogP contribution in [0.3, 0.4) is 0 Å². The summed E-state index contributed by atoms with van der Waals surface area (Å²) >= 11 is 0.